The van der Waals surface area contributed by atoms with Crippen LogP contribution < -0.4 is 10.1 Å². The zero-order chi connectivity index (χ0) is 14.1. The van der Waals surface area contributed by atoms with Gasteiger partial charge in [-0.3, -0.25) is 0 Å². The minimum atomic E-state index is -0.204. The Labute approximate surface area is 126 Å². The molecule has 3 rings (SSSR count). The van der Waals surface area contributed by atoms with Gasteiger partial charge in [0.05, 0.1) is 6.54 Å². The van der Waals surface area contributed by atoms with Gasteiger partial charge >= 0.3 is 0 Å². The van der Waals surface area contributed by atoms with E-state index in [1.54, 1.807) is 12.1 Å². The number of rotatable bonds is 3. The van der Waals surface area contributed by atoms with Crippen molar-refractivity contribution in [2.24, 2.45) is 0 Å². The Morgan fingerprint density at radius 3 is 2.95 bits per heavy atom. The number of halogens is 2. The topological polar surface area (TPSA) is 21.3 Å². The molecule has 0 aliphatic carbocycles. The highest BCUT2D eigenvalue weighted by atomic mass is 79.9. The van der Waals surface area contributed by atoms with E-state index in [0.29, 0.717) is 6.54 Å². The van der Waals surface area contributed by atoms with Crippen molar-refractivity contribution in [3.05, 3.63) is 57.8 Å². The Bertz CT molecular complexity index is 644. The van der Waals surface area contributed by atoms with Crippen molar-refractivity contribution < 1.29 is 9.13 Å². The minimum absolute atomic E-state index is 0.0508. The smallest absolute Gasteiger partial charge is 0.123 e. The summed E-state index contributed by atoms with van der Waals surface area (Å²) in [4.78, 5) is 0. The van der Waals surface area contributed by atoms with Crippen molar-refractivity contribution in [3.8, 4) is 5.75 Å². The predicted molar refractivity (Wildman–Crippen MR) is 81.9 cm³/mol. The first-order chi connectivity index (χ1) is 9.61. The summed E-state index contributed by atoms with van der Waals surface area (Å²) in [5.74, 6) is 0.593. The molecular weight excluding hydrogens is 321 g/mol. The van der Waals surface area contributed by atoms with Crippen LogP contribution in [0.1, 0.15) is 11.1 Å². The summed E-state index contributed by atoms with van der Waals surface area (Å²) in [6.07, 6.45) is 0.796. The first kappa shape index (κ1) is 13.4. The quantitative estimate of drug-likeness (QED) is 0.902. The molecule has 0 fully saturated rings. The maximum Gasteiger partial charge on any atom is 0.123 e. The highest BCUT2D eigenvalue weighted by Crippen LogP contribution is 2.29. The summed E-state index contributed by atoms with van der Waals surface area (Å²) in [5.41, 5.74) is 3.23. The number of aryl methyl sites for hydroxylation is 1. The lowest BCUT2D eigenvalue weighted by Crippen LogP contribution is -2.24. The molecule has 20 heavy (non-hydrogen) atoms. The average Bonchev–Trinajstić information content (AvgIpc) is 2.79. The second-order valence-corrected chi connectivity index (χ2v) is 5.95. The van der Waals surface area contributed by atoms with Gasteiger partial charge in [-0.25, -0.2) is 4.39 Å². The summed E-state index contributed by atoms with van der Waals surface area (Å²) < 4.78 is 20.0. The van der Waals surface area contributed by atoms with E-state index in [0.717, 1.165) is 27.9 Å². The molecule has 0 radical (unpaired) electrons. The Hall–Kier alpha value is -1.55. The van der Waals surface area contributed by atoms with E-state index in [4.69, 9.17) is 4.74 Å². The summed E-state index contributed by atoms with van der Waals surface area (Å²) >= 11 is 3.45. The van der Waals surface area contributed by atoms with Crippen molar-refractivity contribution in [2.75, 3.05) is 11.9 Å². The molecule has 2 aromatic rings. The Balaban J connectivity index is 1.63. The van der Waals surface area contributed by atoms with E-state index >= 15 is 0 Å². The zero-order valence-electron chi connectivity index (χ0n) is 11.1. The van der Waals surface area contributed by atoms with Crippen LogP contribution in [0.25, 0.3) is 0 Å². The molecule has 1 heterocycles. The molecule has 0 saturated heterocycles. The zero-order valence-corrected chi connectivity index (χ0v) is 12.7. The van der Waals surface area contributed by atoms with Gasteiger partial charge in [-0.1, -0.05) is 15.9 Å². The Morgan fingerprint density at radius 1 is 1.30 bits per heavy atom. The number of hydrogen-bond donors (Lipinski definition) is 1. The lowest BCUT2D eigenvalue weighted by molar-refractivity contribution is 0.246. The van der Waals surface area contributed by atoms with Crippen molar-refractivity contribution in [1.82, 2.24) is 0 Å². The van der Waals surface area contributed by atoms with Gasteiger partial charge in [-0.15, -0.1) is 0 Å². The number of ether oxygens (including phenoxy) is 1. The van der Waals surface area contributed by atoms with Crippen LogP contribution in [0.4, 0.5) is 10.1 Å². The molecule has 0 saturated carbocycles. The average molecular weight is 336 g/mol. The Morgan fingerprint density at radius 2 is 2.15 bits per heavy atom. The van der Waals surface area contributed by atoms with Gasteiger partial charge in [-0.05, 0) is 48.9 Å². The van der Waals surface area contributed by atoms with Gasteiger partial charge in [0.25, 0.3) is 0 Å². The van der Waals surface area contributed by atoms with Gasteiger partial charge in [0.1, 0.15) is 17.7 Å². The lowest BCUT2D eigenvalue weighted by Gasteiger charge is -2.14. The maximum atomic E-state index is 13.2. The number of hydrogen-bond acceptors (Lipinski definition) is 2. The third kappa shape index (κ3) is 2.80. The second-order valence-electron chi connectivity index (χ2n) is 5.04. The van der Waals surface area contributed by atoms with E-state index in [1.165, 1.54) is 11.6 Å². The van der Waals surface area contributed by atoms with E-state index in [2.05, 4.69) is 34.2 Å². The molecule has 0 spiro atoms. The third-order valence-corrected chi connectivity index (χ3v) is 3.97. The maximum absolute atomic E-state index is 13.2. The van der Waals surface area contributed by atoms with Gasteiger partial charge in [0, 0.05) is 22.1 Å². The van der Waals surface area contributed by atoms with Crippen LogP contribution in [0.2, 0.25) is 0 Å². The molecule has 4 heteroatoms. The Kier molecular flexibility index (Phi) is 3.66. The highest BCUT2D eigenvalue weighted by Gasteiger charge is 2.23. The molecule has 1 aliphatic rings. The summed E-state index contributed by atoms with van der Waals surface area (Å²) in [6.45, 7) is 2.77. The molecule has 1 aliphatic heterocycles. The molecule has 104 valence electrons. The first-order valence-electron chi connectivity index (χ1n) is 6.57. The molecular formula is C16H15BrFNO. The normalized spacial score (nSPS) is 16.6. The fourth-order valence-corrected chi connectivity index (χ4v) is 2.93. The van der Waals surface area contributed by atoms with Crippen LogP contribution in [0.15, 0.2) is 40.9 Å². The molecule has 2 aromatic carbocycles. The van der Waals surface area contributed by atoms with Gasteiger partial charge in [0.2, 0.25) is 0 Å². The summed E-state index contributed by atoms with van der Waals surface area (Å²) in [6, 6.07) is 10.8. The fourth-order valence-electron chi connectivity index (χ4n) is 2.45. The molecule has 1 unspecified atom stereocenters. The van der Waals surface area contributed by atoms with Crippen LogP contribution in [0.5, 0.6) is 5.75 Å². The fraction of sp³-hybridized carbons (Fsp3) is 0.250. The number of fused-ring (bicyclic) bond motifs is 1. The van der Waals surface area contributed by atoms with E-state index in [9.17, 15) is 4.39 Å². The predicted octanol–water partition coefficient (Wildman–Crippen LogP) is 4.31. The van der Waals surface area contributed by atoms with E-state index in [-0.39, 0.29) is 11.9 Å². The first-order valence-corrected chi connectivity index (χ1v) is 7.36. The van der Waals surface area contributed by atoms with Gasteiger partial charge in [0.15, 0.2) is 0 Å². The van der Waals surface area contributed by atoms with Crippen molar-refractivity contribution in [3.63, 3.8) is 0 Å². The van der Waals surface area contributed by atoms with Crippen LogP contribution in [-0.2, 0) is 6.42 Å². The number of nitrogens with one attached hydrogen (secondary N) is 1. The minimum Gasteiger partial charge on any atom is -0.488 e. The van der Waals surface area contributed by atoms with Crippen LogP contribution in [0.3, 0.4) is 0 Å². The third-order valence-electron chi connectivity index (χ3n) is 3.47. The molecule has 1 atom stereocenters. The molecule has 2 nitrogen and oxygen atoms in total. The molecule has 1 N–H and O–H groups in total. The molecule has 0 amide bonds. The second kappa shape index (κ2) is 5.44. The highest BCUT2D eigenvalue weighted by molar-refractivity contribution is 9.10. The molecule has 0 aromatic heterocycles. The number of benzene rings is 2. The SMILES string of the molecule is Cc1cc(Br)ccc1NCC1Cc2cc(F)ccc2O1. The van der Waals surface area contributed by atoms with Crippen molar-refractivity contribution in [2.45, 2.75) is 19.4 Å². The number of anilines is 1. The van der Waals surface area contributed by atoms with E-state index in [1.807, 2.05) is 12.1 Å². The standard InChI is InChI=1S/C16H15BrFNO/c1-10-6-12(17)2-4-15(10)19-9-14-8-11-7-13(18)3-5-16(11)20-14/h2-7,14,19H,8-9H2,1H3. The van der Waals surface area contributed by atoms with Crippen LogP contribution in [0, 0.1) is 12.7 Å². The molecule has 0 bridgehead atoms. The largest absolute Gasteiger partial charge is 0.488 e. The monoisotopic (exact) mass is 335 g/mol. The lowest BCUT2D eigenvalue weighted by atomic mass is 10.1. The van der Waals surface area contributed by atoms with E-state index < -0.39 is 0 Å². The van der Waals surface area contributed by atoms with Crippen LogP contribution in [-0.4, -0.2) is 12.6 Å². The van der Waals surface area contributed by atoms with Gasteiger partial charge in [-0.2, -0.15) is 0 Å². The summed E-state index contributed by atoms with van der Waals surface area (Å²) in [7, 11) is 0. The van der Waals surface area contributed by atoms with Gasteiger partial charge < -0.3 is 10.1 Å². The summed E-state index contributed by atoms with van der Waals surface area (Å²) in [5, 5.41) is 3.39. The van der Waals surface area contributed by atoms with Crippen molar-refractivity contribution in [1.29, 1.82) is 0 Å². The van der Waals surface area contributed by atoms with Crippen molar-refractivity contribution >= 4 is 21.6 Å². The van der Waals surface area contributed by atoms with Crippen LogP contribution >= 0.6 is 15.9 Å².